The van der Waals surface area contributed by atoms with Gasteiger partial charge >= 0.3 is 0 Å². The molecule has 2 aromatic carbocycles. The topological polar surface area (TPSA) is 76.0 Å². The number of carbonyl (C=O) groups is 1. The number of hydrogen-bond donors (Lipinski definition) is 2. The van der Waals surface area contributed by atoms with Crippen molar-refractivity contribution in [2.24, 2.45) is 0 Å². The van der Waals surface area contributed by atoms with E-state index in [1.807, 2.05) is 30.3 Å². The number of rotatable bonds is 6. The van der Waals surface area contributed by atoms with Gasteiger partial charge in [0, 0.05) is 48.1 Å². The number of nitrogens with zero attached hydrogens (tertiary/aromatic N) is 2. The largest absolute Gasteiger partial charge is 0.368 e. The van der Waals surface area contributed by atoms with Crippen molar-refractivity contribution >= 4 is 45.8 Å². The van der Waals surface area contributed by atoms with Crippen molar-refractivity contribution < 1.29 is 4.79 Å². The molecule has 8 heteroatoms. The average molecular weight is 467 g/mol. The van der Waals surface area contributed by atoms with E-state index < -0.39 is 0 Å². The minimum Gasteiger partial charge on any atom is -0.368 e. The molecule has 0 atom stereocenters. The molecule has 0 saturated heterocycles. The van der Waals surface area contributed by atoms with Crippen molar-refractivity contribution in [3.05, 3.63) is 87.1 Å². The van der Waals surface area contributed by atoms with Crippen LogP contribution in [0.25, 0.3) is 27.8 Å². The Morgan fingerprint density at radius 1 is 0.969 bits per heavy atom. The van der Waals surface area contributed by atoms with Gasteiger partial charge in [-0.15, -0.1) is 0 Å². The number of anilines is 1. The number of fused-ring (bicyclic) bond motifs is 1. The van der Waals surface area contributed by atoms with Crippen LogP contribution in [0.1, 0.15) is 6.92 Å². The van der Waals surface area contributed by atoms with Crippen LogP contribution >= 0.6 is 23.2 Å². The Morgan fingerprint density at radius 3 is 2.41 bits per heavy atom. The maximum atomic E-state index is 12.9. The molecule has 0 saturated carbocycles. The second-order valence-corrected chi connectivity index (χ2v) is 7.95. The third-order valence-electron chi connectivity index (χ3n) is 4.92. The van der Waals surface area contributed by atoms with Gasteiger partial charge < -0.3 is 10.6 Å². The molecule has 2 N–H and O–H groups in total. The molecule has 2 aromatic heterocycles. The first-order valence-corrected chi connectivity index (χ1v) is 10.8. The lowest BCUT2D eigenvalue weighted by Crippen LogP contribution is -2.26. The molecule has 6 nitrogen and oxygen atoms in total. The molecule has 0 aliphatic carbocycles. The Bertz CT molecular complexity index is 1370. The van der Waals surface area contributed by atoms with Crippen LogP contribution in [0.3, 0.4) is 0 Å². The molecule has 4 rings (SSSR count). The van der Waals surface area contributed by atoms with E-state index in [2.05, 4.69) is 10.6 Å². The summed E-state index contributed by atoms with van der Waals surface area (Å²) < 4.78 is 1.57. The minimum atomic E-state index is -0.217. The van der Waals surface area contributed by atoms with Gasteiger partial charge in [0.2, 0.25) is 5.91 Å². The summed E-state index contributed by atoms with van der Waals surface area (Å²) in [4.78, 5) is 28.9. The van der Waals surface area contributed by atoms with Crippen molar-refractivity contribution in [1.29, 1.82) is 0 Å². The van der Waals surface area contributed by atoms with Gasteiger partial charge in [-0.2, -0.15) is 0 Å². The zero-order chi connectivity index (χ0) is 22.7. The van der Waals surface area contributed by atoms with Crippen LogP contribution < -0.4 is 16.2 Å². The summed E-state index contributed by atoms with van der Waals surface area (Å²) in [5.41, 5.74) is 2.37. The molecule has 162 valence electrons. The molecule has 32 heavy (non-hydrogen) atoms. The summed E-state index contributed by atoms with van der Waals surface area (Å²) in [6.07, 6.45) is 0. The van der Waals surface area contributed by atoms with Gasteiger partial charge in [-0.05, 0) is 24.3 Å². The monoisotopic (exact) mass is 466 g/mol. The zero-order valence-electron chi connectivity index (χ0n) is 17.2. The van der Waals surface area contributed by atoms with Crippen LogP contribution in [0.5, 0.6) is 0 Å². The lowest BCUT2D eigenvalue weighted by atomic mass is 10.1. The molecular weight excluding hydrogens is 447 g/mol. The number of benzene rings is 2. The number of hydrogen-bond acceptors (Lipinski definition) is 4. The number of carbonyl (C=O) groups excluding carboxylic acids is 1. The van der Waals surface area contributed by atoms with E-state index in [1.165, 1.54) is 13.0 Å². The third kappa shape index (κ3) is 4.47. The molecule has 4 aromatic rings. The second-order valence-electron chi connectivity index (χ2n) is 7.14. The smallest absolute Gasteiger partial charge is 0.255 e. The molecule has 0 spiro atoms. The van der Waals surface area contributed by atoms with Gasteiger partial charge in [-0.1, -0.05) is 53.5 Å². The summed E-state index contributed by atoms with van der Waals surface area (Å²) >= 11 is 12.9. The lowest BCUT2D eigenvalue weighted by molar-refractivity contribution is -0.118. The highest BCUT2D eigenvalue weighted by Gasteiger charge is 2.16. The van der Waals surface area contributed by atoms with Crippen molar-refractivity contribution in [2.75, 3.05) is 18.4 Å². The summed E-state index contributed by atoms with van der Waals surface area (Å²) in [6.45, 7) is 2.36. The number of halogens is 2. The molecule has 0 unspecified atom stereocenters. The second kappa shape index (κ2) is 9.42. The molecule has 0 fully saturated rings. The normalized spacial score (nSPS) is 10.8. The number of para-hydroxylation sites is 1. The zero-order valence-corrected chi connectivity index (χ0v) is 18.7. The first-order valence-electron chi connectivity index (χ1n) is 10.0. The maximum Gasteiger partial charge on any atom is 0.255 e. The Morgan fingerprint density at radius 2 is 1.69 bits per heavy atom. The molecular formula is C24H20Cl2N4O2. The molecule has 0 radical (unpaired) electrons. The minimum absolute atomic E-state index is 0.109. The predicted octanol–water partition coefficient (Wildman–Crippen LogP) is 4.91. The number of nitrogens with one attached hydrogen (secondary N) is 2. The van der Waals surface area contributed by atoms with Gasteiger partial charge in [-0.25, -0.2) is 4.98 Å². The van der Waals surface area contributed by atoms with E-state index in [0.717, 1.165) is 10.9 Å². The Labute approximate surface area is 194 Å². The molecule has 2 heterocycles. The highest BCUT2D eigenvalue weighted by molar-refractivity contribution is 6.33. The fourth-order valence-electron chi connectivity index (χ4n) is 3.50. The summed E-state index contributed by atoms with van der Waals surface area (Å²) in [7, 11) is 0. The maximum absolute atomic E-state index is 12.9. The molecule has 0 aliphatic heterocycles. The quantitative estimate of drug-likeness (QED) is 0.396. The number of pyridine rings is 2. The van der Waals surface area contributed by atoms with Crippen LogP contribution in [0, 0.1) is 0 Å². The fourth-order valence-corrected chi connectivity index (χ4v) is 3.94. The Kier molecular flexibility index (Phi) is 6.44. The number of aromatic nitrogens is 2. The molecule has 0 aliphatic rings. The third-order valence-corrected chi connectivity index (χ3v) is 5.57. The highest BCUT2D eigenvalue weighted by Crippen LogP contribution is 2.34. The molecule has 1 amide bonds. The van der Waals surface area contributed by atoms with Crippen molar-refractivity contribution in [2.45, 2.75) is 6.92 Å². The van der Waals surface area contributed by atoms with Gasteiger partial charge in [0.05, 0.1) is 21.9 Å². The van der Waals surface area contributed by atoms with Gasteiger partial charge in [0.1, 0.15) is 5.82 Å². The fraction of sp³-hybridized carbons (Fsp3) is 0.125. The van der Waals surface area contributed by atoms with Crippen LogP contribution in [-0.2, 0) is 4.79 Å². The van der Waals surface area contributed by atoms with E-state index >= 15 is 0 Å². The van der Waals surface area contributed by atoms with E-state index in [-0.39, 0.29) is 11.5 Å². The highest BCUT2D eigenvalue weighted by atomic mass is 35.5. The standard InChI is InChI=1S/C24H20Cl2N4O2/c1-15(31)27-12-13-28-22-14-21-17(24(29-22)16-6-2-3-7-18(16)25)10-11-23(32)30(21)20-9-5-4-8-19(20)26/h2-11,14H,12-13H2,1H3,(H,27,31)(H,28,29). The summed E-state index contributed by atoms with van der Waals surface area (Å²) in [6, 6.07) is 19.6. The summed E-state index contributed by atoms with van der Waals surface area (Å²) in [5.74, 6) is 0.437. The van der Waals surface area contributed by atoms with Crippen molar-refractivity contribution in [3.8, 4) is 16.9 Å². The summed E-state index contributed by atoms with van der Waals surface area (Å²) in [5, 5.41) is 7.72. The Balaban J connectivity index is 1.95. The SMILES string of the molecule is CC(=O)NCCNc1cc2c(ccc(=O)n2-c2ccccc2Cl)c(-c2ccccc2Cl)n1. The van der Waals surface area contributed by atoms with E-state index in [1.54, 1.807) is 34.9 Å². The average Bonchev–Trinajstić information content (AvgIpc) is 2.77. The van der Waals surface area contributed by atoms with E-state index in [4.69, 9.17) is 28.2 Å². The van der Waals surface area contributed by atoms with Crippen LogP contribution in [-0.4, -0.2) is 28.5 Å². The predicted molar refractivity (Wildman–Crippen MR) is 130 cm³/mol. The van der Waals surface area contributed by atoms with E-state index in [9.17, 15) is 9.59 Å². The van der Waals surface area contributed by atoms with Crippen LogP contribution in [0.2, 0.25) is 10.0 Å². The lowest BCUT2D eigenvalue weighted by Gasteiger charge is -2.16. The van der Waals surface area contributed by atoms with Crippen LogP contribution in [0.15, 0.2) is 71.5 Å². The van der Waals surface area contributed by atoms with Gasteiger partial charge in [0.15, 0.2) is 0 Å². The number of amides is 1. The molecule has 0 bridgehead atoms. The van der Waals surface area contributed by atoms with E-state index in [0.29, 0.717) is 45.9 Å². The van der Waals surface area contributed by atoms with Crippen molar-refractivity contribution in [1.82, 2.24) is 14.9 Å². The first-order chi connectivity index (χ1) is 15.5. The van der Waals surface area contributed by atoms with Gasteiger partial charge in [0.25, 0.3) is 5.56 Å². The van der Waals surface area contributed by atoms with Crippen molar-refractivity contribution in [3.63, 3.8) is 0 Å². The Hall–Kier alpha value is -3.35. The van der Waals surface area contributed by atoms with Crippen LogP contribution in [0.4, 0.5) is 5.82 Å². The first kappa shape index (κ1) is 21.9. The van der Waals surface area contributed by atoms with Gasteiger partial charge in [-0.3, -0.25) is 14.2 Å².